The fraction of sp³-hybridized carbons (Fsp3) is 0.192. The van der Waals surface area contributed by atoms with Crippen molar-refractivity contribution in [1.82, 2.24) is 9.91 Å². The van der Waals surface area contributed by atoms with Crippen LogP contribution in [0.2, 0.25) is 0 Å². The number of para-hydroxylation sites is 1. The van der Waals surface area contributed by atoms with Crippen LogP contribution in [0.4, 0.5) is 8.78 Å². The Morgan fingerprint density at radius 1 is 1.00 bits per heavy atom. The molecule has 1 aliphatic heterocycles. The Kier molecular flexibility index (Phi) is 6.67. The van der Waals surface area contributed by atoms with Crippen LogP contribution in [0.5, 0.6) is 5.75 Å². The van der Waals surface area contributed by atoms with Gasteiger partial charge in [0.1, 0.15) is 23.9 Å². The minimum atomic E-state index is -0.667. The van der Waals surface area contributed by atoms with E-state index in [2.05, 4.69) is 5.10 Å². The van der Waals surface area contributed by atoms with Crippen molar-refractivity contribution in [3.8, 4) is 5.75 Å². The molecule has 1 heterocycles. The lowest BCUT2D eigenvalue weighted by Crippen LogP contribution is -2.39. The first-order valence-corrected chi connectivity index (χ1v) is 10.7. The molecule has 4 rings (SSSR count). The zero-order valence-corrected chi connectivity index (χ0v) is 18.7. The lowest BCUT2D eigenvalue weighted by molar-refractivity contribution is -0.133. The van der Waals surface area contributed by atoms with Crippen LogP contribution in [-0.4, -0.2) is 48.1 Å². The monoisotopic (exact) mass is 463 g/mol. The highest BCUT2D eigenvalue weighted by atomic mass is 19.1. The van der Waals surface area contributed by atoms with E-state index in [4.69, 9.17) is 4.74 Å². The van der Waals surface area contributed by atoms with Crippen molar-refractivity contribution in [1.29, 1.82) is 0 Å². The van der Waals surface area contributed by atoms with Crippen molar-refractivity contribution in [2.75, 3.05) is 20.7 Å². The third-order valence-corrected chi connectivity index (χ3v) is 5.67. The summed E-state index contributed by atoms with van der Waals surface area (Å²) in [6, 6.07) is 18.5. The Labute approximate surface area is 196 Å². The summed E-state index contributed by atoms with van der Waals surface area (Å²) in [6.07, 6.45) is 0.262. The highest BCUT2D eigenvalue weighted by Crippen LogP contribution is 2.37. The quantitative estimate of drug-likeness (QED) is 0.544. The van der Waals surface area contributed by atoms with Crippen LogP contribution in [0.1, 0.15) is 33.9 Å². The Hall–Kier alpha value is -4.07. The van der Waals surface area contributed by atoms with E-state index in [0.29, 0.717) is 22.6 Å². The van der Waals surface area contributed by atoms with Crippen LogP contribution in [0.3, 0.4) is 0 Å². The van der Waals surface area contributed by atoms with Crippen LogP contribution in [0.15, 0.2) is 77.9 Å². The van der Waals surface area contributed by atoms with Crippen molar-refractivity contribution >= 4 is 17.5 Å². The normalized spacial score (nSPS) is 15.1. The first-order valence-electron chi connectivity index (χ1n) is 10.7. The number of likely N-dealkylation sites (N-methyl/N-ethyl adjacent to an activating group) is 1. The molecule has 34 heavy (non-hydrogen) atoms. The number of nitrogens with zero attached hydrogens (tertiary/aromatic N) is 3. The molecule has 1 aliphatic rings. The van der Waals surface area contributed by atoms with Crippen molar-refractivity contribution < 1.29 is 23.1 Å². The first kappa shape index (κ1) is 23.1. The molecule has 2 amide bonds. The van der Waals surface area contributed by atoms with Gasteiger partial charge >= 0.3 is 0 Å². The van der Waals surface area contributed by atoms with E-state index in [9.17, 15) is 18.4 Å². The molecule has 0 saturated heterocycles. The number of benzene rings is 3. The maximum atomic E-state index is 14.5. The number of carbonyl (C=O) groups excluding carboxylic acids is 2. The largest absolute Gasteiger partial charge is 0.496 e. The number of carbonyl (C=O) groups is 2. The molecule has 3 aromatic carbocycles. The van der Waals surface area contributed by atoms with Gasteiger partial charge in [0.15, 0.2) is 0 Å². The Bertz CT molecular complexity index is 1260. The van der Waals surface area contributed by atoms with Crippen molar-refractivity contribution in [3.63, 3.8) is 0 Å². The minimum absolute atomic E-state index is 0.129. The number of hydrogen-bond acceptors (Lipinski definition) is 4. The predicted molar refractivity (Wildman–Crippen MR) is 123 cm³/mol. The van der Waals surface area contributed by atoms with Crippen LogP contribution in [0.25, 0.3) is 0 Å². The fourth-order valence-electron chi connectivity index (χ4n) is 3.97. The van der Waals surface area contributed by atoms with Gasteiger partial charge in [0.05, 0.1) is 24.4 Å². The number of rotatable bonds is 6. The molecule has 8 heteroatoms. The average Bonchev–Trinajstić information content (AvgIpc) is 3.29. The molecule has 1 atom stereocenters. The molecule has 0 bridgehead atoms. The van der Waals surface area contributed by atoms with Gasteiger partial charge in [-0.15, -0.1) is 0 Å². The fourth-order valence-corrected chi connectivity index (χ4v) is 3.97. The molecule has 0 saturated carbocycles. The third kappa shape index (κ3) is 4.52. The molecule has 1 unspecified atom stereocenters. The molecular weight excluding hydrogens is 440 g/mol. The topological polar surface area (TPSA) is 62.2 Å². The second-order valence-electron chi connectivity index (χ2n) is 7.87. The molecule has 0 N–H and O–H groups in total. The molecule has 6 nitrogen and oxygen atoms in total. The molecule has 0 fully saturated rings. The van der Waals surface area contributed by atoms with Gasteiger partial charge < -0.3 is 9.64 Å². The van der Waals surface area contributed by atoms with Gasteiger partial charge in [-0.2, -0.15) is 5.10 Å². The second-order valence-corrected chi connectivity index (χ2v) is 7.87. The number of ether oxygens (including phenoxy) is 1. The lowest BCUT2D eigenvalue weighted by Gasteiger charge is -2.26. The van der Waals surface area contributed by atoms with Gasteiger partial charge in [0.25, 0.3) is 11.8 Å². The van der Waals surface area contributed by atoms with Gasteiger partial charge in [-0.3, -0.25) is 9.59 Å². The molecule has 3 aromatic rings. The van der Waals surface area contributed by atoms with Crippen molar-refractivity contribution in [2.45, 2.75) is 12.5 Å². The molecule has 0 spiro atoms. The van der Waals surface area contributed by atoms with Crippen molar-refractivity contribution in [3.05, 3.63) is 101 Å². The zero-order valence-electron chi connectivity index (χ0n) is 18.7. The molecule has 0 radical (unpaired) electrons. The molecular formula is C26H23F2N3O3. The summed E-state index contributed by atoms with van der Waals surface area (Å²) in [5, 5.41) is 5.70. The Morgan fingerprint density at radius 3 is 2.35 bits per heavy atom. The van der Waals surface area contributed by atoms with E-state index < -0.39 is 29.5 Å². The van der Waals surface area contributed by atoms with Crippen LogP contribution < -0.4 is 4.74 Å². The van der Waals surface area contributed by atoms with E-state index in [-0.39, 0.29) is 18.5 Å². The Balaban J connectivity index is 1.65. The van der Waals surface area contributed by atoms with Gasteiger partial charge in [0, 0.05) is 24.6 Å². The zero-order chi connectivity index (χ0) is 24.2. The van der Waals surface area contributed by atoms with Gasteiger partial charge in [-0.1, -0.05) is 48.5 Å². The van der Waals surface area contributed by atoms with Gasteiger partial charge in [0.2, 0.25) is 0 Å². The van der Waals surface area contributed by atoms with E-state index in [0.717, 1.165) is 4.90 Å². The summed E-state index contributed by atoms with van der Waals surface area (Å²) in [5.41, 5.74) is 1.28. The van der Waals surface area contributed by atoms with E-state index in [1.807, 2.05) is 18.2 Å². The van der Waals surface area contributed by atoms with Gasteiger partial charge in [-0.05, 0) is 24.3 Å². The van der Waals surface area contributed by atoms with E-state index in [1.165, 1.54) is 43.4 Å². The SMILES string of the molecule is COc1ccccc1C1CC(c2ccccc2F)=NN1C(=O)CN(C)C(=O)c1ccccc1F. The van der Waals surface area contributed by atoms with Gasteiger partial charge in [-0.25, -0.2) is 13.8 Å². The van der Waals surface area contributed by atoms with Crippen molar-refractivity contribution in [2.24, 2.45) is 5.10 Å². The van der Waals surface area contributed by atoms with Crippen LogP contribution >= 0.6 is 0 Å². The number of methoxy groups -OCH3 is 1. The summed E-state index contributed by atoms with van der Waals surface area (Å²) in [4.78, 5) is 27.2. The number of hydrazone groups is 1. The first-order chi connectivity index (χ1) is 16.4. The highest BCUT2D eigenvalue weighted by Gasteiger charge is 2.36. The van der Waals surface area contributed by atoms with E-state index in [1.54, 1.807) is 30.3 Å². The summed E-state index contributed by atoms with van der Waals surface area (Å²) >= 11 is 0. The maximum Gasteiger partial charge on any atom is 0.262 e. The summed E-state index contributed by atoms with van der Waals surface area (Å²) in [6.45, 7) is -0.340. The lowest BCUT2D eigenvalue weighted by atomic mass is 9.97. The highest BCUT2D eigenvalue weighted by molar-refractivity contribution is 6.04. The molecule has 0 aromatic heterocycles. The smallest absolute Gasteiger partial charge is 0.262 e. The average molecular weight is 463 g/mol. The predicted octanol–water partition coefficient (Wildman–Crippen LogP) is 4.42. The third-order valence-electron chi connectivity index (χ3n) is 5.67. The second kappa shape index (κ2) is 9.82. The van der Waals surface area contributed by atoms with Crippen LogP contribution in [0, 0.1) is 11.6 Å². The number of amides is 2. The summed E-state index contributed by atoms with van der Waals surface area (Å²) in [5.74, 6) is -1.67. The number of halogens is 2. The summed E-state index contributed by atoms with van der Waals surface area (Å²) in [7, 11) is 2.95. The minimum Gasteiger partial charge on any atom is -0.496 e. The Morgan fingerprint density at radius 2 is 1.65 bits per heavy atom. The number of hydrogen-bond donors (Lipinski definition) is 0. The van der Waals surface area contributed by atoms with E-state index >= 15 is 0 Å². The van der Waals surface area contributed by atoms with Crippen LogP contribution in [-0.2, 0) is 4.79 Å². The maximum absolute atomic E-state index is 14.5. The molecule has 0 aliphatic carbocycles. The standard InChI is InChI=1S/C26H23F2N3O3/c1-30(26(33)18-10-4-7-13-21(18)28)16-25(32)31-23(19-11-5-8-14-24(19)34-2)15-22(29-31)17-9-3-6-12-20(17)27/h3-14,23H,15-16H2,1-2H3. The molecule has 174 valence electrons. The summed E-state index contributed by atoms with van der Waals surface area (Å²) < 4.78 is 34.0.